The van der Waals surface area contributed by atoms with E-state index >= 15 is 0 Å². The zero-order chi connectivity index (χ0) is 12.0. The molecule has 0 bridgehead atoms. The van der Waals surface area contributed by atoms with Gasteiger partial charge in [-0.25, -0.2) is 0 Å². The van der Waals surface area contributed by atoms with E-state index < -0.39 is 11.7 Å². The van der Waals surface area contributed by atoms with Gasteiger partial charge >= 0.3 is 6.18 Å². The average molecular weight is 252 g/mol. The maximum atomic E-state index is 12.6. The Hall–Kier alpha value is -0.900. The number of anilines is 1. The first-order chi connectivity index (χ1) is 7.55. The van der Waals surface area contributed by atoms with Crippen molar-refractivity contribution in [1.82, 2.24) is 0 Å². The number of nitrogens with one attached hydrogen (secondary N) is 1. The van der Waals surface area contributed by atoms with Crippen LogP contribution in [-0.2, 0) is 6.18 Å². The fourth-order valence-corrected chi connectivity index (χ4v) is 1.52. The Morgan fingerprint density at radius 3 is 2.44 bits per heavy atom. The van der Waals surface area contributed by atoms with Crippen molar-refractivity contribution >= 4 is 17.3 Å². The van der Waals surface area contributed by atoms with E-state index in [4.69, 9.17) is 11.6 Å². The summed E-state index contributed by atoms with van der Waals surface area (Å²) >= 11 is 5.48. The molecule has 1 aromatic rings. The molecule has 0 heterocycles. The molecule has 0 saturated heterocycles. The van der Waals surface area contributed by atoms with E-state index in [9.17, 15) is 13.2 Å². The third-order valence-electron chi connectivity index (χ3n) is 2.11. The highest BCUT2D eigenvalue weighted by molar-refractivity contribution is 6.17. The van der Waals surface area contributed by atoms with Crippen LogP contribution in [0.3, 0.4) is 0 Å². The molecule has 0 unspecified atom stereocenters. The Morgan fingerprint density at radius 2 is 1.81 bits per heavy atom. The van der Waals surface area contributed by atoms with E-state index in [1.807, 2.05) is 0 Å². The molecule has 0 aliphatic carbocycles. The second kappa shape index (κ2) is 5.99. The number of rotatable bonds is 5. The molecule has 0 aliphatic heterocycles. The van der Waals surface area contributed by atoms with Crippen LogP contribution in [0.1, 0.15) is 18.4 Å². The third kappa shape index (κ3) is 3.93. The molecule has 16 heavy (non-hydrogen) atoms. The fraction of sp³-hybridized carbons (Fsp3) is 0.455. The number of halogens is 4. The zero-order valence-corrected chi connectivity index (χ0v) is 9.41. The average Bonchev–Trinajstić information content (AvgIpc) is 2.24. The number of alkyl halides is 4. The van der Waals surface area contributed by atoms with Crippen molar-refractivity contribution in [3.63, 3.8) is 0 Å². The van der Waals surface area contributed by atoms with Crippen LogP contribution in [0.5, 0.6) is 0 Å². The molecule has 1 N–H and O–H groups in total. The first-order valence-electron chi connectivity index (χ1n) is 5.02. The summed E-state index contributed by atoms with van der Waals surface area (Å²) in [7, 11) is 0. The van der Waals surface area contributed by atoms with Crippen molar-refractivity contribution in [1.29, 1.82) is 0 Å². The predicted octanol–water partition coefficient (Wildman–Crippen LogP) is 4.14. The van der Waals surface area contributed by atoms with E-state index in [1.165, 1.54) is 12.1 Å². The van der Waals surface area contributed by atoms with Gasteiger partial charge in [-0.15, -0.1) is 11.6 Å². The van der Waals surface area contributed by atoms with E-state index in [1.54, 1.807) is 6.07 Å². The lowest BCUT2D eigenvalue weighted by molar-refractivity contribution is -0.136. The highest BCUT2D eigenvalue weighted by atomic mass is 35.5. The van der Waals surface area contributed by atoms with Crippen molar-refractivity contribution in [2.45, 2.75) is 19.0 Å². The fourth-order valence-electron chi connectivity index (χ4n) is 1.33. The molecule has 0 atom stereocenters. The minimum Gasteiger partial charge on any atom is -0.385 e. The summed E-state index contributed by atoms with van der Waals surface area (Å²) in [6, 6.07) is 5.47. The highest BCUT2D eigenvalue weighted by Crippen LogP contribution is 2.34. The topological polar surface area (TPSA) is 12.0 Å². The normalized spacial score (nSPS) is 11.5. The van der Waals surface area contributed by atoms with Crippen molar-refractivity contribution < 1.29 is 13.2 Å². The number of unbranched alkanes of at least 4 members (excludes halogenated alkanes) is 1. The van der Waals surface area contributed by atoms with Gasteiger partial charge in [-0.2, -0.15) is 13.2 Å². The van der Waals surface area contributed by atoms with Gasteiger partial charge in [0.05, 0.1) is 5.56 Å². The maximum absolute atomic E-state index is 12.6. The van der Waals surface area contributed by atoms with E-state index in [0.717, 1.165) is 18.9 Å². The monoisotopic (exact) mass is 251 g/mol. The zero-order valence-electron chi connectivity index (χ0n) is 8.65. The molecule has 0 radical (unpaired) electrons. The van der Waals surface area contributed by atoms with Gasteiger partial charge in [0, 0.05) is 18.1 Å². The summed E-state index contributed by atoms with van der Waals surface area (Å²) in [5.74, 6) is 0.530. The van der Waals surface area contributed by atoms with Crippen molar-refractivity contribution in [2.24, 2.45) is 0 Å². The summed E-state index contributed by atoms with van der Waals surface area (Å²) in [6.07, 6.45) is -2.76. The van der Waals surface area contributed by atoms with Gasteiger partial charge in [0.15, 0.2) is 0 Å². The summed E-state index contributed by atoms with van der Waals surface area (Å²) in [6.45, 7) is 0.500. The number of hydrogen-bond donors (Lipinski definition) is 1. The molecule has 1 rings (SSSR count). The summed E-state index contributed by atoms with van der Waals surface area (Å²) in [5, 5.41) is 2.78. The molecule has 0 saturated carbocycles. The number of para-hydroxylation sites is 1. The molecule has 90 valence electrons. The highest BCUT2D eigenvalue weighted by Gasteiger charge is 2.32. The molecule has 0 aromatic heterocycles. The summed E-state index contributed by atoms with van der Waals surface area (Å²) in [5.41, 5.74) is -0.495. The van der Waals surface area contributed by atoms with Crippen LogP contribution in [0.25, 0.3) is 0 Å². The molecule has 1 aromatic carbocycles. The molecule has 0 fully saturated rings. The second-order valence-corrected chi connectivity index (χ2v) is 3.74. The Labute approximate surface area is 97.6 Å². The minimum atomic E-state index is -4.31. The predicted molar refractivity (Wildman–Crippen MR) is 59.9 cm³/mol. The quantitative estimate of drug-likeness (QED) is 0.613. The van der Waals surface area contributed by atoms with Crippen LogP contribution in [-0.4, -0.2) is 12.4 Å². The molecule has 5 heteroatoms. The van der Waals surface area contributed by atoms with Crippen LogP contribution < -0.4 is 5.32 Å². The van der Waals surface area contributed by atoms with E-state index in [2.05, 4.69) is 5.32 Å². The van der Waals surface area contributed by atoms with Crippen LogP contribution >= 0.6 is 11.6 Å². The van der Waals surface area contributed by atoms with Gasteiger partial charge < -0.3 is 5.32 Å². The van der Waals surface area contributed by atoms with Crippen molar-refractivity contribution in [3.05, 3.63) is 29.8 Å². The van der Waals surface area contributed by atoms with Crippen LogP contribution in [0.15, 0.2) is 24.3 Å². The minimum absolute atomic E-state index is 0.129. The van der Waals surface area contributed by atoms with Gasteiger partial charge in [0.1, 0.15) is 0 Å². The smallest absolute Gasteiger partial charge is 0.385 e. The van der Waals surface area contributed by atoms with Gasteiger partial charge in [-0.1, -0.05) is 12.1 Å². The molecule has 0 amide bonds. The number of benzene rings is 1. The molecular formula is C11H13ClF3N. The van der Waals surface area contributed by atoms with Crippen molar-refractivity contribution in [3.8, 4) is 0 Å². The summed E-state index contributed by atoms with van der Waals surface area (Å²) < 4.78 is 37.7. The molecule has 0 spiro atoms. The number of hydrogen-bond acceptors (Lipinski definition) is 1. The van der Waals surface area contributed by atoms with Crippen LogP contribution in [0.2, 0.25) is 0 Å². The lowest BCUT2D eigenvalue weighted by Crippen LogP contribution is -2.11. The van der Waals surface area contributed by atoms with Gasteiger partial charge in [0.25, 0.3) is 0 Å². The molecular weight excluding hydrogens is 239 g/mol. The Morgan fingerprint density at radius 1 is 1.12 bits per heavy atom. The SMILES string of the molecule is FC(F)(F)c1ccccc1NCCCCCl. The Balaban J connectivity index is 2.65. The Bertz CT molecular complexity index is 325. The van der Waals surface area contributed by atoms with E-state index in [-0.39, 0.29) is 5.69 Å². The van der Waals surface area contributed by atoms with Gasteiger partial charge in [-0.3, -0.25) is 0 Å². The summed E-state index contributed by atoms with van der Waals surface area (Å²) in [4.78, 5) is 0. The largest absolute Gasteiger partial charge is 0.418 e. The van der Waals surface area contributed by atoms with E-state index in [0.29, 0.717) is 12.4 Å². The first-order valence-corrected chi connectivity index (χ1v) is 5.55. The maximum Gasteiger partial charge on any atom is 0.418 e. The Kier molecular flexibility index (Phi) is 4.93. The lowest BCUT2D eigenvalue weighted by Gasteiger charge is -2.13. The standard InChI is InChI=1S/C11H13ClF3N/c12-7-3-4-8-16-10-6-2-1-5-9(10)11(13,14)15/h1-2,5-6,16H,3-4,7-8H2. The lowest BCUT2D eigenvalue weighted by atomic mass is 10.1. The van der Waals surface area contributed by atoms with Gasteiger partial charge in [0.2, 0.25) is 0 Å². The first kappa shape index (κ1) is 13.2. The molecule has 0 aliphatic rings. The van der Waals surface area contributed by atoms with Gasteiger partial charge in [-0.05, 0) is 25.0 Å². The van der Waals surface area contributed by atoms with Crippen LogP contribution in [0, 0.1) is 0 Å². The molecule has 1 nitrogen and oxygen atoms in total. The third-order valence-corrected chi connectivity index (χ3v) is 2.38. The van der Waals surface area contributed by atoms with Crippen LogP contribution in [0.4, 0.5) is 18.9 Å². The van der Waals surface area contributed by atoms with Crippen molar-refractivity contribution in [2.75, 3.05) is 17.7 Å². The second-order valence-electron chi connectivity index (χ2n) is 3.37.